The fourth-order valence-electron chi connectivity index (χ4n) is 1.20. The van der Waals surface area contributed by atoms with Crippen LogP contribution in [-0.2, 0) is 6.54 Å². The van der Waals surface area contributed by atoms with E-state index < -0.39 is 0 Å². The summed E-state index contributed by atoms with van der Waals surface area (Å²) in [6.07, 6.45) is 2.86. The van der Waals surface area contributed by atoms with Crippen LogP contribution in [-0.4, -0.2) is 34.0 Å². The zero-order chi connectivity index (χ0) is 11.1. The minimum atomic E-state index is 0.214. The first-order valence-corrected chi connectivity index (χ1v) is 5.38. The maximum Gasteiger partial charge on any atom is 0.0962 e. The van der Waals surface area contributed by atoms with Crippen molar-refractivity contribution < 1.29 is 0 Å². The zero-order valence-electron chi connectivity index (χ0n) is 9.80. The summed E-state index contributed by atoms with van der Waals surface area (Å²) in [5.74, 6) is 0. The lowest BCUT2D eigenvalue weighted by Crippen LogP contribution is -2.37. The van der Waals surface area contributed by atoms with Crippen molar-refractivity contribution in [3.63, 3.8) is 0 Å². The van der Waals surface area contributed by atoms with Gasteiger partial charge in [-0.2, -0.15) is 15.4 Å². The fourth-order valence-corrected chi connectivity index (χ4v) is 1.20. The van der Waals surface area contributed by atoms with E-state index in [1.165, 1.54) is 0 Å². The maximum atomic E-state index is 3.96. The van der Waals surface area contributed by atoms with Crippen LogP contribution in [0, 0.1) is 0 Å². The standard InChI is InChI=1S/C10H21N5/c1-10(2,3)12-6-4-5-11-7-9-8-13-15-14-9/h8,11-12H,4-7H2,1-3H3,(H,13,14,15). The molecule has 1 rings (SSSR count). The van der Waals surface area contributed by atoms with Gasteiger partial charge in [0.1, 0.15) is 0 Å². The van der Waals surface area contributed by atoms with Crippen LogP contribution < -0.4 is 10.6 Å². The van der Waals surface area contributed by atoms with Gasteiger partial charge < -0.3 is 10.6 Å². The van der Waals surface area contributed by atoms with Crippen molar-refractivity contribution in [1.82, 2.24) is 26.0 Å². The number of aromatic amines is 1. The summed E-state index contributed by atoms with van der Waals surface area (Å²) in [7, 11) is 0. The molecule has 1 heterocycles. The second kappa shape index (κ2) is 5.82. The number of H-pyrrole nitrogens is 1. The Hall–Kier alpha value is -0.940. The molecule has 0 fully saturated rings. The van der Waals surface area contributed by atoms with E-state index in [4.69, 9.17) is 0 Å². The summed E-state index contributed by atoms with van der Waals surface area (Å²) in [5, 5.41) is 17.0. The molecule has 0 saturated heterocycles. The monoisotopic (exact) mass is 211 g/mol. The van der Waals surface area contributed by atoms with Gasteiger partial charge in [0.05, 0.1) is 11.9 Å². The van der Waals surface area contributed by atoms with Crippen LogP contribution >= 0.6 is 0 Å². The predicted octanol–water partition coefficient (Wildman–Crippen LogP) is 0.673. The minimum Gasteiger partial charge on any atom is -0.312 e. The molecule has 0 aliphatic carbocycles. The molecule has 0 atom stereocenters. The lowest BCUT2D eigenvalue weighted by molar-refractivity contribution is 0.418. The molecular formula is C10H21N5. The van der Waals surface area contributed by atoms with Gasteiger partial charge in [-0.3, -0.25) is 0 Å². The largest absolute Gasteiger partial charge is 0.312 e. The second-order valence-electron chi connectivity index (χ2n) is 4.67. The maximum absolute atomic E-state index is 3.96. The molecule has 5 nitrogen and oxygen atoms in total. The average molecular weight is 211 g/mol. The van der Waals surface area contributed by atoms with Gasteiger partial charge in [0, 0.05) is 12.1 Å². The van der Waals surface area contributed by atoms with Crippen molar-refractivity contribution >= 4 is 0 Å². The SMILES string of the molecule is CC(C)(C)NCCCNCc1cn[nH]n1. The summed E-state index contributed by atoms with van der Waals surface area (Å²) in [6.45, 7) is 9.35. The Bertz CT molecular complexity index is 249. The highest BCUT2D eigenvalue weighted by molar-refractivity contribution is 4.88. The van der Waals surface area contributed by atoms with Crippen molar-refractivity contribution in [2.45, 2.75) is 39.3 Å². The lowest BCUT2D eigenvalue weighted by atomic mass is 10.1. The molecule has 0 aliphatic rings. The number of nitrogens with zero attached hydrogens (tertiary/aromatic N) is 2. The smallest absolute Gasteiger partial charge is 0.0962 e. The van der Waals surface area contributed by atoms with E-state index in [1.54, 1.807) is 6.20 Å². The van der Waals surface area contributed by atoms with E-state index in [9.17, 15) is 0 Å². The molecule has 1 aromatic heterocycles. The molecule has 15 heavy (non-hydrogen) atoms. The Morgan fingerprint density at radius 2 is 2.13 bits per heavy atom. The predicted molar refractivity (Wildman–Crippen MR) is 60.5 cm³/mol. The van der Waals surface area contributed by atoms with Crippen molar-refractivity contribution in [2.24, 2.45) is 0 Å². The van der Waals surface area contributed by atoms with E-state index in [2.05, 4.69) is 46.8 Å². The van der Waals surface area contributed by atoms with Crippen molar-refractivity contribution in [3.05, 3.63) is 11.9 Å². The summed E-state index contributed by atoms with van der Waals surface area (Å²) in [4.78, 5) is 0. The molecule has 0 saturated carbocycles. The van der Waals surface area contributed by atoms with Gasteiger partial charge in [0.25, 0.3) is 0 Å². The molecule has 0 radical (unpaired) electrons. The molecule has 1 aromatic rings. The van der Waals surface area contributed by atoms with Gasteiger partial charge in [0.15, 0.2) is 0 Å². The Balaban J connectivity index is 1.94. The Kier molecular flexibility index (Phi) is 4.71. The molecule has 3 N–H and O–H groups in total. The van der Waals surface area contributed by atoms with Gasteiger partial charge in [0.2, 0.25) is 0 Å². The van der Waals surface area contributed by atoms with Crippen LogP contribution in [0.3, 0.4) is 0 Å². The van der Waals surface area contributed by atoms with E-state index in [0.717, 1.165) is 31.7 Å². The van der Waals surface area contributed by atoms with Crippen LogP contribution in [0.25, 0.3) is 0 Å². The van der Waals surface area contributed by atoms with Crippen LogP contribution in [0.4, 0.5) is 0 Å². The first kappa shape index (κ1) is 12.1. The van der Waals surface area contributed by atoms with Crippen LogP contribution in [0.5, 0.6) is 0 Å². The number of nitrogens with one attached hydrogen (secondary N) is 3. The second-order valence-corrected chi connectivity index (χ2v) is 4.67. The van der Waals surface area contributed by atoms with Crippen molar-refractivity contribution in [2.75, 3.05) is 13.1 Å². The van der Waals surface area contributed by atoms with Crippen molar-refractivity contribution in [1.29, 1.82) is 0 Å². The topological polar surface area (TPSA) is 65.6 Å². The zero-order valence-corrected chi connectivity index (χ0v) is 9.80. The molecular weight excluding hydrogens is 190 g/mol. The van der Waals surface area contributed by atoms with Crippen LogP contribution in [0.1, 0.15) is 32.9 Å². The molecule has 0 aliphatic heterocycles. The van der Waals surface area contributed by atoms with Gasteiger partial charge in [-0.25, -0.2) is 0 Å². The molecule has 0 bridgehead atoms. The molecule has 0 amide bonds. The highest BCUT2D eigenvalue weighted by Gasteiger charge is 2.06. The highest BCUT2D eigenvalue weighted by atomic mass is 15.3. The van der Waals surface area contributed by atoms with Crippen LogP contribution in [0.15, 0.2) is 6.20 Å². The minimum absolute atomic E-state index is 0.214. The third kappa shape index (κ3) is 6.19. The summed E-state index contributed by atoms with van der Waals surface area (Å²) >= 11 is 0. The Morgan fingerprint density at radius 1 is 1.33 bits per heavy atom. The Labute approximate surface area is 91.0 Å². The number of hydrogen-bond acceptors (Lipinski definition) is 4. The highest BCUT2D eigenvalue weighted by Crippen LogP contribution is 1.97. The van der Waals surface area contributed by atoms with Gasteiger partial charge in [-0.05, 0) is 40.3 Å². The van der Waals surface area contributed by atoms with E-state index in [-0.39, 0.29) is 5.54 Å². The van der Waals surface area contributed by atoms with E-state index in [0.29, 0.717) is 0 Å². The number of aromatic nitrogens is 3. The normalized spacial score (nSPS) is 11.9. The number of rotatable bonds is 6. The third-order valence-electron chi connectivity index (χ3n) is 1.96. The van der Waals surface area contributed by atoms with Crippen LogP contribution in [0.2, 0.25) is 0 Å². The molecule has 5 heteroatoms. The molecule has 0 unspecified atom stereocenters. The molecule has 86 valence electrons. The summed E-state index contributed by atoms with van der Waals surface area (Å²) in [6, 6.07) is 0. The van der Waals surface area contributed by atoms with Gasteiger partial charge in [-0.15, -0.1) is 0 Å². The first-order valence-electron chi connectivity index (χ1n) is 5.38. The quantitative estimate of drug-likeness (QED) is 0.605. The van der Waals surface area contributed by atoms with Crippen molar-refractivity contribution in [3.8, 4) is 0 Å². The fraction of sp³-hybridized carbons (Fsp3) is 0.800. The van der Waals surface area contributed by atoms with E-state index in [1.807, 2.05) is 0 Å². The lowest BCUT2D eigenvalue weighted by Gasteiger charge is -2.20. The summed E-state index contributed by atoms with van der Waals surface area (Å²) < 4.78 is 0. The van der Waals surface area contributed by atoms with Gasteiger partial charge in [-0.1, -0.05) is 0 Å². The molecule has 0 aromatic carbocycles. The van der Waals surface area contributed by atoms with E-state index >= 15 is 0 Å². The third-order valence-corrected chi connectivity index (χ3v) is 1.96. The Morgan fingerprint density at radius 3 is 2.73 bits per heavy atom. The number of hydrogen-bond donors (Lipinski definition) is 3. The summed E-state index contributed by atoms with van der Waals surface area (Å²) in [5.41, 5.74) is 1.17. The average Bonchev–Trinajstić information content (AvgIpc) is 2.61. The van der Waals surface area contributed by atoms with Gasteiger partial charge >= 0.3 is 0 Å². The molecule has 0 spiro atoms. The first-order chi connectivity index (χ1) is 7.08.